The molecule has 1 atom stereocenters. The predicted octanol–water partition coefficient (Wildman–Crippen LogP) is 4.63. The predicted molar refractivity (Wildman–Crippen MR) is 118 cm³/mol. The molecule has 0 radical (unpaired) electrons. The number of para-hydroxylation sites is 1. The Hall–Kier alpha value is -2.66. The molecular formula is C25H30FN3O. The lowest BCUT2D eigenvalue weighted by Crippen LogP contribution is -2.35. The molecule has 4 nitrogen and oxygen atoms in total. The van der Waals surface area contributed by atoms with Gasteiger partial charge in [-0.25, -0.2) is 4.39 Å². The molecule has 0 aliphatic carbocycles. The van der Waals surface area contributed by atoms with E-state index in [1.165, 1.54) is 35.4 Å². The Kier molecular flexibility index (Phi) is 6.48. The SMILES string of the molecule is Cn1cc(CN2CCC[C@@H](CCC(=O)NCc3ccccc3F)C2)c2ccccc21. The van der Waals surface area contributed by atoms with E-state index in [4.69, 9.17) is 0 Å². The van der Waals surface area contributed by atoms with Crippen molar-refractivity contribution in [2.45, 2.75) is 38.8 Å². The summed E-state index contributed by atoms with van der Waals surface area (Å²) in [4.78, 5) is 14.8. The topological polar surface area (TPSA) is 37.3 Å². The van der Waals surface area contributed by atoms with E-state index in [0.29, 0.717) is 17.9 Å². The van der Waals surface area contributed by atoms with E-state index in [0.717, 1.165) is 26.1 Å². The zero-order valence-electron chi connectivity index (χ0n) is 17.6. The maximum absolute atomic E-state index is 13.7. The zero-order chi connectivity index (χ0) is 20.9. The van der Waals surface area contributed by atoms with E-state index in [-0.39, 0.29) is 18.3 Å². The van der Waals surface area contributed by atoms with Crippen molar-refractivity contribution >= 4 is 16.8 Å². The number of carbonyl (C=O) groups excluding carboxylic acids is 1. The van der Waals surface area contributed by atoms with Gasteiger partial charge in [0.1, 0.15) is 5.82 Å². The van der Waals surface area contributed by atoms with Crippen molar-refractivity contribution < 1.29 is 9.18 Å². The summed E-state index contributed by atoms with van der Waals surface area (Å²) in [5.41, 5.74) is 3.17. The first-order valence-corrected chi connectivity index (χ1v) is 10.9. The van der Waals surface area contributed by atoms with Crippen molar-refractivity contribution in [3.8, 4) is 0 Å². The molecule has 0 unspecified atom stereocenters. The van der Waals surface area contributed by atoms with Gasteiger partial charge in [-0.2, -0.15) is 0 Å². The van der Waals surface area contributed by atoms with Gasteiger partial charge in [-0.3, -0.25) is 9.69 Å². The molecule has 1 aliphatic heterocycles. The van der Waals surface area contributed by atoms with E-state index in [2.05, 4.69) is 52.3 Å². The molecule has 158 valence electrons. The summed E-state index contributed by atoms with van der Waals surface area (Å²) in [7, 11) is 2.10. The Morgan fingerprint density at radius 1 is 1.13 bits per heavy atom. The van der Waals surface area contributed by atoms with Crippen LogP contribution >= 0.6 is 0 Å². The second-order valence-corrected chi connectivity index (χ2v) is 8.43. The lowest BCUT2D eigenvalue weighted by atomic mass is 9.93. The quantitative estimate of drug-likeness (QED) is 0.620. The Labute approximate surface area is 177 Å². The molecular weight excluding hydrogens is 377 g/mol. The van der Waals surface area contributed by atoms with Gasteiger partial charge in [-0.05, 0) is 49.4 Å². The first-order chi connectivity index (χ1) is 14.6. The van der Waals surface area contributed by atoms with Gasteiger partial charge in [0, 0.05) is 55.8 Å². The van der Waals surface area contributed by atoms with Gasteiger partial charge in [-0.1, -0.05) is 36.4 Å². The number of aromatic nitrogens is 1. The number of nitrogens with zero attached hydrogens (tertiary/aromatic N) is 2. The van der Waals surface area contributed by atoms with Gasteiger partial charge in [0.2, 0.25) is 5.91 Å². The van der Waals surface area contributed by atoms with Crippen LogP contribution in [0.3, 0.4) is 0 Å². The highest BCUT2D eigenvalue weighted by atomic mass is 19.1. The molecule has 1 fully saturated rings. The van der Waals surface area contributed by atoms with E-state index in [1.807, 2.05) is 0 Å². The minimum absolute atomic E-state index is 0.00410. The number of benzene rings is 2. The van der Waals surface area contributed by atoms with Gasteiger partial charge >= 0.3 is 0 Å². The third-order valence-corrected chi connectivity index (χ3v) is 6.19. The van der Waals surface area contributed by atoms with E-state index < -0.39 is 0 Å². The molecule has 1 amide bonds. The van der Waals surface area contributed by atoms with E-state index in [1.54, 1.807) is 18.2 Å². The number of likely N-dealkylation sites (tertiary alicyclic amines) is 1. The first-order valence-electron chi connectivity index (χ1n) is 10.9. The number of rotatable bonds is 7. The van der Waals surface area contributed by atoms with Crippen LogP contribution in [-0.2, 0) is 24.9 Å². The fourth-order valence-electron chi connectivity index (χ4n) is 4.58. The normalized spacial score (nSPS) is 17.3. The van der Waals surface area contributed by atoms with Gasteiger partial charge in [0.05, 0.1) is 0 Å². The number of amides is 1. The zero-order valence-corrected chi connectivity index (χ0v) is 17.6. The fourth-order valence-corrected chi connectivity index (χ4v) is 4.58. The van der Waals surface area contributed by atoms with Crippen molar-refractivity contribution in [3.63, 3.8) is 0 Å². The van der Waals surface area contributed by atoms with Crippen LogP contribution in [0.15, 0.2) is 54.7 Å². The Bertz CT molecular complexity index is 1010. The molecule has 5 heteroatoms. The van der Waals surface area contributed by atoms with Crippen molar-refractivity contribution in [1.29, 1.82) is 0 Å². The highest BCUT2D eigenvalue weighted by Crippen LogP contribution is 2.26. The molecule has 1 aromatic heterocycles. The number of carbonyl (C=O) groups is 1. The Balaban J connectivity index is 1.27. The third-order valence-electron chi connectivity index (χ3n) is 6.19. The Morgan fingerprint density at radius 2 is 1.93 bits per heavy atom. The molecule has 1 aliphatic rings. The van der Waals surface area contributed by atoms with Crippen molar-refractivity contribution in [1.82, 2.24) is 14.8 Å². The smallest absolute Gasteiger partial charge is 0.220 e. The number of fused-ring (bicyclic) bond motifs is 1. The average Bonchev–Trinajstić information content (AvgIpc) is 3.07. The number of hydrogen-bond donors (Lipinski definition) is 1. The molecule has 0 bridgehead atoms. The molecule has 4 rings (SSSR count). The number of hydrogen-bond acceptors (Lipinski definition) is 2. The number of piperidine rings is 1. The number of nitrogens with one attached hydrogen (secondary N) is 1. The molecule has 3 aromatic rings. The molecule has 2 heterocycles. The average molecular weight is 408 g/mol. The van der Waals surface area contributed by atoms with Crippen LogP contribution in [0.5, 0.6) is 0 Å². The van der Waals surface area contributed by atoms with Gasteiger partial charge < -0.3 is 9.88 Å². The maximum atomic E-state index is 13.7. The van der Waals surface area contributed by atoms with Gasteiger partial charge in [0.15, 0.2) is 0 Å². The van der Waals surface area contributed by atoms with Crippen molar-refractivity contribution in [2.24, 2.45) is 13.0 Å². The maximum Gasteiger partial charge on any atom is 0.220 e. The highest BCUT2D eigenvalue weighted by Gasteiger charge is 2.21. The summed E-state index contributed by atoms with van der Waals surface area (Å²) in [6.07, 6.45) is 5.97. The summed E-state index contributed by atoms with van der Waals surface area (Å²) in [5, 5.41) is 4.19. The third kappa shape index (κ3) is 4.90. The van der Waals surface area contributed by atoms with Crippen molar-refractivity contribution in [3.05, 3.63) is 71.7 Å². The fraction of sp³-hybridized carbons (Fsp3) is 0.400. The lowest BCUT2D eigenvalue weighted by molar-refractivity contribution is -0.121. The van der Waals surface area contributed by atoms with Gasteiger partial charge in [0.25, 0.3) is 0 Å². The highest BCUT2D eigenvalue weighted by molar-refractivity contribution is 5.83. The summed E-state index contributed by atoms with van der Waals surface area (Å²) >= 11 is 0. The molecule has 30 heavy (non-hydrogen) atoms. The van der Waals surface area contributed by atoms with E-state index in [9.17, 15) is 9.18 Å². The van der Waals surface area contributed by atoms with Crippen LogP contribution in [0.2, 0.25) is 0 Å². The van der Waals surface area contributed by atoms with E-state index >= 15 is 0 Å². The number of halogens is 1. The minimum Gasteiger partial charge on any atom is -0.352 e. The monoisotopic (exact) mass is 407 g/mol. The minimum atomic E-state index is -0.269. The molecule has 0 spiro atoms. The summed E-state index contributed by atoms with van der Waals surface area (Å²) < 4.78 is 15.9. The van der Waals surface area contributed by atoms with Crippen molar-refractivity contribution in [2.75, 3.05) is 13.1 Å². The second kappa shape index (κ2) is 9.43. The molecule has 1 saturated heterocycles. The van der Waals surface area contributed by atoms with Crippen LogP contribution in [-0.4, -0.2) is 28.5 Å². The van der Waals surface area contributed by atoms with Crippen LogP contribution in [0.25, 0.3) is 10.9 Å². The summed E-state index contributed by atoms with van der Waals surface area (Å²) in [6, 6.07) is 15.1. The van der Waals surface area contributed by atoms with Crippen LogP contribution in [0, 0.1) is 11.7 Å². The second-order valence-electron chi connectivity index (χ2n) is 8.43. The Morgan fingerprint density at radius 3 is 2.80 bits per heavy atom. The first kappa shape index (κ1) is 20.6. The number of aryl methyl sites for hydroxylation is 1. The molecule has 0 saturated carbocycles. The van der Waals surface area contributed by atoms with Crippen LogP contribution < -0.4 is 5.32 Å². The lowest BCUT2D eigenvalue weighted by Gasteiger charge is -2.32. The molecule has 1 N–H and O–H groups in total. The summed E-state index contributed by atoms with van der Waals surface area (Å²) in [6.45, 7) is 3.35. The standard InChI is InChI=1S/C25H30FN3O/c1-28-17-21(22-9-3-5-11-24(22)28)18-29-14-6-7-19(16-29)12-13-25(30)27-15-20-8-2-4-10-23(20)26/h2-5,8-11,17,19H,6-7,12-16,18H2,1H3,(H,27,30)/t19-/m0/s1. The largest absolute Gasteiger partial charge is 0.352 e. The molecule has 2 aromatic carbocycles. The van der Waals surface area contributed by atoms with Crippen LogP contribution in [0.1, 0.15) is 36.8 Å². The summed E-state index contributed by atoms with van der Waals surface area (Å²) in [5.74, 6) is 0.270. The van der Waals surface area contributed by atoms with Crippen LogP contribution in [0.4, 0.5) is 4.39 Å². The van der Waals surface area contributed by atoms with Gasteiger partial charge in [-0.15, -0.1) is 0 Å².